The fourth-order valence-electron chi connectivity index (χ4n) is 3.21. The molecule has 0 heterocycles. The van der Waals surface area contributed by atoms with Gasteiger partial charge < -0.3 is 0 Å². The largest absolute Gasteiger partial charge is 0.293 e. The summed E-state index contributed by atoms with van der Waals surface area (Å²) in [7, 11) is 0. The minimum atomic E-state index is 0.0427. The summed E-state index contributed by atoms with van der Waals surface area (Å²) in [5.41, 5.74) is 3.47. The van der Waals surface area contributed by atoms with E-state index in [-0.39, 0.29) is 5.78 Å². The van der Waals surface area contributed by atoms with Crippen LogP contribution in [0.15, 0.2) is 58.5 Å². The Morgan fingerprint density at radius 2 is 1.03 bits per heavy atom. The van der Waals surface area contributed by atoms with Crippen molar-refractivity contribution < 1.29 is 4.79 Å². The molecule has 0 spiro atoms. The number of hydrogen-bond acceptors (Lipinski definition) is 3. The van der Waals surface area contributed by atoms with E-state index in [1.807, 2.05) is 61.0 Å². The van der Waals surface area contributed by atoms with E-state index in [9.17, 15) is 4.79 Å². The molecular formula is C27H36N2O. The van der Waals surface area contributed by atoms with Crippen LogP contribution in [0, 0.1) is 0 Å². The van der Waals surface area contributed by atoms with Crippen LogP contribution < -0.4 is 0 Å². The molecule has 3 heteroatoms. The number of benzene rings is 2. The standard InChI is InChI=1S/C27H36N2O/c1-3-5-7-9-19-28-21-23-11-15-25(16-12-23)27(30)26-17-13-24(14-18-26)22-29-20-10-8-6-4-2/h11-18,21-22H,3-10,19-20H2,1-2H3. The van der Waals surface area contributed by atoms with Gasteiger partial charge in [0.05, 0.1) is 0 Å². The predicted molar refractivity (Wildman–Crippen MR) is 130 cm³/mol. The summed E-state index contributed by atoms with van der Waals surface area (Å²) >= 11 is 0. The number of unbranched alkanes of at least 4 members (excludes halogenated alkanes) is 6. The smallest absolute Gasteiger partial charge is 0.193 e. The van der Waals surface area contributed by atoms with Crippen LogP contribution in [0.1, 0.15) is 92.3 Å². The van der Waals surface area contributed by atoms with Crippen molar-refractivity contribution in [2.24, 2.45) is 9.98 Å². The molecule has 0 atom stereocenters. The van der Waals surface area contributed by atoms with Crippen molar-refractivity contribution in [1.29, 1.82) is 0 Å². The summed E-state index contributed by atoms with van der Waals surface area (Å²) < 4.78 is 0. The number of aliphatic imine (C=N–C) groups is 2. The van der Waals surface area contributed by atoms with Crippen LogP contribution in [0.2, 0.25) is 0 Å². The van der Waals surface area contributed by atoms with Gasteiger partial charge in [0, 0.05) is 36.6 Å². The molecule has 0 aromatic heterocycles. The third-order valence-corrected chi connectivity index (χ3v) is 5.11. The Hall–Kier alpha value is -2.55. The first kappa shape index (κ1) is 23.7. The van der Waals surface area contributed by atoms with E-state index in [1.54, 1.807) is 0 Å². The minimum absolute atomic E-state index is 0.0427. The first-order valence-electron chi connectivity index (χ1n) is 11.5. The first-order chi connectivity index (χ1) is 14.7. The van der Waals surface area contributed by atoms with Crippen molar-refractivity contribution in [3.8, 4) is 0 Å². The Kier molecular flexibility index (Phi) is 11.4. The average molecular weight is 405 g/mol. The molecule has 2 aromatic carbocycles. The summed E-state index contributed by atoms with van der Waals surface area (Å²) in [5, 5.41) is 0. The Morgan fingerprint density at radius 1 is 0.633 bits per heavy atom. The molecule has 0 aliphatic carbocycles. The zero-order chi connectivity index (χ0) is 21.4. The van der Waals surface area contributed by atoms with Gasteiger partial charge in [-0.3, -0.25) is 14.8 Å². The van der Waals surface area contributed by atoms with E-state index in [2.05, 4.69) is 23.8 Å². The summed E-state index contributed by atoms with van der Waals surface area (Å²) in [4.78, 5) is 21.7. The lowest BCUT2D eigenvalue weighted by Crippen LogP contribution is -2.01. The number of hydrogen-bond donors (Lipinski definition) is 0. The van der Waals surface area contributed by atoms with Crippen LogP contribution in [-0.2, 0) is 0 Å². The van der Waals surface area contributed by atoms with Crippen LogP contribution in [-0.4, -0.2) is 31.3 Å². The van der Waals surface area contributed by atoms with Crippen LogP contribution in [0.4, 0.5) is 0 Å². The van der Waals surface area contributed by atoms with Gasteiger partial charge in [-0.1, -0.05) is 101 Å². The van der Waals surface area contributed by atoms with Gasteiger partial charge in [-0.05, 0) is 24.0 Å². The van der Waals surface area contributed by atoms with Gasteiger partial charge in [0.25, 0.3) is 0 Å². The van der Waals surface area contributed by atoms with Crippen molar-refractivity contribution >= 4 is 18.2 Å². The molecule has 0 amide bonds. The molecule has 0 N–H and O–H groups in total. The highest BCUT2D eigenvalue weighted by molar-refractivity contribution is 6.09. The maximum Gasteiger partial charge on any atom is 0.193 e. The van der Waals surface area contributed by atoms with Crippen LogP contribution in [0.25, 0.3) is 0 Å². The van der Waals surface area contributed by atoms with Crippen molar-refractivity contribution in [3.05, 3.63) is 70.8 Å². The second-order valence-corrected chi connectivity index (χ2v) is 7.77. The van der Waals surface area contributed by atoms with Gasteiger partial charge >= 0.3 is 0 Å². The normalized spacial score (nSPS) is 11.5. The number of nitrogens with zero attached hydrogens (tertiary/aromatic N) is 2. The summed E-state index contributed by atoms with van der Waals surface area (Å²) in [6.07, 6.45) is 13.6. The zero-order valence-corrected chi connectivity index (χ0v) is 18.6. The van der Waals surface area contributed by atoms with Gasteiger partial charge in [0.2, 0.25) is 0 Å². The van der Waals surface area contributed by atoms with Crippen molar-refractivity contribution in [2.75, 3.05) is 13.1 Å². The Balaban J connectivity index is 1.84. The van der Waals surface area contributed by atoms with E-state index in [1.165, 1.54) is 38.5 Å². The predicted octanol–water partition coefficient (Wildman–Crippen LogP) is 6.92. The fraction of sp³-hybridized carbons (Fsp3) is 0.444. The second kappa shape index (κ2) is 14.4. The van der Waals surface area contributed by atoms with Gasteiger partial charge in [-0.2, -0.15) is 0 Å². The molecule has 0 aliphatic heterocycles. The van der Waals surface area contributed by atoms with Gasteiger partial charge in [-0.15, -0.1) is 0 Å². The average Bonchev–Trinajstić information content (AvgIpc) is 2.79. The topological polar surface area (TPSA) is 41.8 Å². The molecule has 3 nitrogen and oxygen atoms in total. The van der Waals surface area contributed by atoms with E-state index in [4.69, 9.17) is 0 Å². The summed E-state index contributed by atoms with van der Waals surface area (Å²) in [6.45, 7) is 6.17. The molecule has 160 valence electrons. The van der Waals surface area contributed by atoms with Crippen LogP contribution in [0.5, 0.6) is 0 Å². The van der Waals surface area contributed by atoms with E-state index in [0.717, 1.165) is 37.1 Å². The molecule has 0 fully saturated rings. The highest BCUT2D eigenvalue weighted by Gasteiger charge is 2.08. The fourth-order valence-corrected chi connectivity index (χ4v) is 3.21. The quantitative estimate of drug-likeness (QED) is 0.191. The van der Waals surface area contributed by atoms with E-state index in [0.29, 0.717) is 11.1 Å². The highest BCUT2D eigenvalue weighted by atomic mass is 16.1. The summed E-state index contributed by atoms with van der Waals surface area (Å²) in [5.74, 6) is 0.0427. The van der Waals surface area contributed by atoms with Crippen LogP contribution >= 0.6 is 0 Å². The molecule has 0 aliphatic rings. The number of carbonyl (C=O) groups is 1. The molecular weight excluding hydrogens is 368 g/mol. The lowest BCUT2D eigenvalue weighted by molar-refractivity contribution is 0.103. The third kappa shape index (κ3) is 8.86. The SMILES string of the molecule is CCCCCCN=Cc1ccc(C(=O)c2ccc(C=NCCCCCC)cc2)cc1. The van der Waals surface area contributed by atoms with Gasteiger partial charge in [0.1, 0.15) is 0 Å². The maximum atomic E-state index is 12.7. The number of ketones is 1. The zero-order valence-electron chi connectivity index (χ0n) is 18.6. The van der Waals surface area contributed by atoms with Crippen molar-refractivity contribution in [1.82, 2.24) is 0 Å². The van der Waals surface area contributed by atoms with Crippen LogP contribution in [0.3, 0.4) is 0 Å². The molecule has 0 saturated carbocycles. The van der Waals surface area contributed by atoms with Crippen molar-refractivity contribution in [2.45, 2.75) is 65.2 Å². The maximum absolute atomic E-state index is 12.7. The molecule has 0 radical (unpaired) electrons. The summed E-state index contributed by atoms with van der Waals surface area (Å²) in [6, 6.07) is 15.4. The van der Waals surface area contributed by atoms with Gasteiger partial charge in [-0.25, -0.2) is 0 Å². The molecule has 2 rings (SSSR count). The number of carbonyl (C=O) groups excluding carboxylic acids is 1. The molecule has 2 aromatic rings. The Morgan fingerprint density at radius 3 is 1.40 bits per heavy atom. The Bertz CT molecular complexity index is 721. The first-order valence-corrected chi connectivity index (χ1v) is 11.5. The molecule has 0 saturated heterocycles. The third-order valence-electron chi connectivity index (χ3n) is 5.11. The van der Waals surface area contributed by atoms with Gasteiger partial charge in [0.15, 0.2) is 5.78 Å². The molecule has 30 heavy (non-hydrogen) atoms. The lowest BCUT2D eigenvalue weighted by Gasteiger charge is -2.03. The molecule has 0 bridgehead atoms. The second-order valence-electron chi connectivity index (χ2n) is 7.77. The number of rotatable bonds is 14. The monoisotopic (exact) mass is 404 g/mol. The molecule has 0 unspecified atom stereocenters. The Labute approximate surface area is 182 Å². The minimum Gasteiger partial charge on any atom is -0.293 e. The van der Waals surface area contributed by atoms with Crippen molar-refractivity contribution in [3.63, 3.8) is 0 Å². The lowest BCUT2D eigenvalue weighted by atomic mass is 10.0. The van der Waals surface area contributed by atoms with E-state index >= 15 is 0 Å². The van der Waals surface area contributed by atoms with E-state index < -0.39 is 0 Å². The highest BCUT2D eigenvalue weighted by Crippen LogP contribution is 2.12.